The molecule has 1 atom stereocenters. The van der Waals surface area contributed by atoms with Crippen LogP contribution in [0.4, 0.5) is 13.2 Å². The van der Waals surface area contributed by atoms with Crippen LogP contribution in [0.25, 0.3) is 5.69 Å². The van der Waals surface area contributed by atoms with E-state index in [1.54, 1.807) is 6.92 Å². The number of alkyl halides is 3. The molecule has 11 heteroatoms. The SMILES string of the molecule is CCC(c1cccc(C(F)(F)F)c1)n1c(=O)c(C(=O)O)cn(-c2ccc(OC)c(OC)c2)c1=O. The molecule has 2 aromatic carbocycles. The van der Waals surface area contributed by atoms with Gasteiger partial charge in [-0.2, -0.15) is 13.2 Å². The highest BCUT2D eigenvalue weighted by molar-refractivity contribution is 5.86. The Hall–Kier alpha value is -4.02. The Morgan fingerprint density at radius 3 is 2.29 bits per heavy atom. The van der Waals surface area contributed by atoms with Gasteiger partial charge in [-0.05, 0) is 36.2 Å². The van der Waals surface area contributed by atoms with Gasteiger partial charge in [-0.1, -0.05) is 19.1 Å². The van der Waals surface area contributed by atoms with Gasteiger partial charge in [0.25, 0.3) is 5.56 Å². The second kappa shape index (κ2) is 9.46. The van der Waals surface area contributed by atoms with E-state index in [2.05, 4.69) is 0 Å². The fraction of sp³-hybridized carbons (Fsp3) is 0.261. The van der Waals surface area contributed by atoms with Crippen LogP contribution in [0.1, 0.15) is 40.9 Å². The van der Waals surface area contributed by atoms with Crippen molar-refractivity contribution in [3.8, 4) is 17.2 Å². The molecule has 3 rings (SSSR count). The van der Waals surface area contributed by atoms with E-state index in [0.29, 0.717) is 10.3 Å². The number of benzene rings is 2. The lowest BCUT2D eigenvalue weighted by atomic mass is 10.0. The molecule has 1 N–H and O–H groups in total. The molecule has 180 valence electrons. The van der Waals surface area contributed by atoms with Crippen molar-refractivity contribution in [2.75, 3.05) is 14.2 Å². The molecule has 1 heterocycles. The van der Waals surface area contributed by atoms with Gasteiger partial charge in [0.2, 0.25) is 0 Å². The monoisotopic (exact) mass is 478 g/mol. The normalized spacial score (nSPS) is 12.3. The largest absolute Gasteiger partial charge is 0.493 e. The molecule has 3 aromatic rings. The third-order valence-corrected chi connectivity index (χ3v) is 5.29. The summed E-state index contributed by atoms with van der Waals surface area (Å²) in [7, 11) is 2.78. The second-order valence-corrected chi connectivity index (χ2v) is 7.26. The average Bonchev–Trinajstić information content (AvgIpc) is 2.80. The Labute approximate surface area is 191 Å². The van der Waals surface area contributed by atoms with Crippen molar-refractivity contribution in [2.45, 2.75) is 25.6 Å². The maximum absolute atomic E-state index is 13.4. The zero-order chi connectivity index (χ0) is 25.2. The molecule has 1 unspecified atom stereocenters. The van der Waals surface area contributed by atoms with Crippen LogP contribution in [-0.4, -0.2) is 34.4 Å². The highest BCUT2D eigenvalue weighted by atomic mass is 19.4. The smallest absolute Gasteiger partial charge is 0.416 e. The number of aromatic carboxylic acids is 1. The maximum Gasteiger partial charge on any atom is 0.416 e. The number of carboxylic acid groups (broad SMARTS) is 1. The summed E-state index contributed by atoms with van der Waals surface area (Å²) in [6.07, 6.45) is -3.71. The Kier molecular flexibility index (Phi) is 6.85. The van der Waals surface area contributed by atoms with Crippen molar-refractivity contribution in [1.82, 2.24) is 9.13 Å². The fourth-order valence-electron chi connectivity index (χ4n) is 3.64. The Balaban J connectivity index is 2.32. The average molecular weight is 478 g/mol. The molecule has 8 nitrogen and oxygen atoms in total. The van der Waals surface area contributed by atoms with E-state index in [9.17, 15) is 32.7 Å². The van der Waals surface area contributed by atoms with E-state index in [1.807, 2.05) is 0 Å². The van der Waals surface area contributed by atoms with Crippen LogP contribution in [0.3, 0.4) is 0 Å². The highest BCUT2D eigenvalue weighted by Gasteiger charge is 2.32. The first kappa shape index (κ1) is 24.6. The molecule has 0 aliphatic rings. The van der Waals surface area contributed by atoms with Crippen LogP contribution in [0.15, 0.2) is 58.3 Å². The number of methoxy groups -OCH3 is 2. The minimum absolute atomic E-state index is 0.0397. The van der Waals surface area contributed by atoms with Crippen LogP contribution in [0, 0.1) is 0 Å². The summed E-state index contributed by atoms with van der Waals surface area (Å²) in [5.41, 5.74) is -3.52. The van der Waals surface area contributed by atoms with Crippen LogP contribution >= 0.6 is 0 Å². The van der Waals surface area contributed by atoms with Crippen molar-refractivity contribution in [1.29, 1.82) is 0 Å². The predicted molar refractivity (Wildman–Crippen MR) is 116 cm³/mol. The van der Waals surface area contributed by atoms with Gasteiger partial charge in [0.15, 0.2) is 11.5 Å². The molecule has 0 spiro atoms. The van der Waals surface area contributed by atoms with Gasteiger partial charge in [0.05, 0.1) is 31.5 Å². The lowest BCUT2D eigenvalue weighted by Crippen LogP contribution is -2.44. The highest BCUT2D eigenvalue weighted by Crippen LogP contribution is 2.32. The zero-order valence-corrected chi connectivity index (χ0v) is 18.4. The summed E-state index contributed by atoms with van der Waals surface area (Å²) >= 11 is 0. The number of carbonyl (C=O) groups is 1. The predicted octanol–water partition coefficient (Wildman–Crippen LogP) is 3.73. The standard InChI is InChI=1S/C23H21F3N2O6/c1-4-17(13-6-5-7-14(10-13)23(24,25)26)28-20(29)16(21(30)31)12-27(22(28)32)15-8-9-18(33-2)19(11-15)34-3/h5-12,17H,4H2,1-3H3,(H,30,31). The number of hydrogen-bond acceptors (Lipinski definition) is 5. The third kappa shape index (κ3) is 4.54. The zero-order valence-electron chi connectivity index (χ0n) is 18.4. The first-order valence-corrected chi connectivity index (χ1v) is 10.0. The van der Waals surface area contributed by atoms with Gasteiger partial charge < -0.3 is 14.6 Å². The van der Waals surface area contributed by atoms with Crippen molar-refractivity contribution >= 4 is 5.97 Å². The lowest BCUT2D eigenvalue weighted by molar-refractivity contribution is -0.137. The molecule has 0 aliphatic carbocycles. The summed E-state index contributed by atoms with van der Waals surface area (Å²) in [6, 6.07) is 7.43. The van der Waals surface area contributed by atoms with Gasteiger partial charge in [-0.3, -0.25) is 13.9 Å². The molecule has 0 radical (unpaired) electrons. The van der Waals surface area contributed by atoms with Crippen LogP contribution < -0.4 is 20.7 Å². The third-order valence-electron chi connectivity index (χ3n) is 5.29. The molecule has 34 heavy (non-hydrogen) atoms. The van der Waals surface area contributed by atoms with Gasteiger partial charge in [-0.25, -0.2) is 9.59 Å². The van der Waals surface area contributed by atoms with Gasteiger partial charge in [0.1, 0.15) is 5.56 Å². The van der Waals surface area contributed by atoms with E-state index in [0.717, 1.165) is 22.9 Å². The quantitative estimate of drug-likeness (QED) is 0.556. The van der Waals surface area contributed by atoms with E-state index < -0.39 is 40.6 Å². The van der Waals surface area contributed by atoms with Crippen LogP contribution in [0.2, 0.25) is 0 Å². The molecule has 0 bridgehead atoms. The van der Waals surface area contributed by atoms with Crippen LogP contribution in [-0.2, 0) is 6.18 Å². The number of hydrogen-bond donors (Lipinski definition) is 1. The van der Waals surface area contributed by atoms with Crippen LogP contribution in [0.5, 0.6) is 11.5 Å². The minimum atomic E-state index is -4.64. The number of aromatic nitrogens is 2. The number of halogens is 3. The van der Waals surface area contributed by atoms with E-state index in [-0.39, 0.29) is 23.4 Å². The summed E-state index contributed by atoms with van der Waals surface area (Å²) in [4.78, 5) is 38.2. The Bertz CT molecular complexity index is 1340. The fourth-order valence-corrected chi connectivity index (χ4v) is 3.64. The first-order chi connectivity index (χ1) is 16.0. The van der Waals surface area contributed by atoms with Crippen molar-refractivity contribution in [3.63, 3.8) is 0 Å². The van der Waals surface area contributed by atoms with Crippen molar-refractivity contribution in [2.24, 2.45) is 0 Å². The molecular weight excluding hydrogens is 457 g/mol. The number of carboxylic acids is 1. The summed E-state index contributed by atoms with van der Waals surface area (Å²) in [5.74, 6) is -1.00. The summed E-state index contributed by atoms with van der Waals surface area (Å²) in [5, 5.41) is 9.59. The van der Waals surface area contributed by atoms with Gasteiger partial charge in [-0.15, -0.1) is 0 Å². The number of rotatable bonds is 7. The minimum Gasteiger partial charge on any atom is -0.493 e. The summed E-state index contributed by atoms with van der Waals surface area (Å²) < 4.78 is 51.7. The molecule has 0 fully saturated rings. The van der Waals surface area contributed by atoms with Gasteiger partial charge in [0, 0.05) is 12.3 Å². The van der Waals surface area contributed by atoms with Crippen molar-refractivity contribution < 1.29 is 32.5 Å². The molecule has 0 saturated heterocycles. The number of ether oxygens (including phenoxy) is 2. The van der Waals surface area contributed by atoms with Crippen molar-refractivity contribution in [3.05, 3.63) is 86.2 Å². The first-order valence-electron chi connectivity index (χ1n) is 10.0. The Morgan fingerprint density at radius 2 is 1.74 bits per heavy atom. The maximum atomic E-state index is 13.4. The van der Waals surface area contributed by atoms with E-state index >= 15 is 0 Å². The number of nitrogens with zero attached hydrogens (tertiary/aromatic N) is 2. The summed E-state index contributed by atoms with van der Waals surface area (Å²) in [6.45, 7) is 1.57. The second-order valence-electron chi connectivity index (χ2n) is 7.26. The Morgan fingerprint density at radius 1 is 1.06 bits per heavy atom. The molecule has 0 saturated carbocycles. The topological polar surface area (TPSA) is 99.8 Å². The van der Waals surface area contributed by atoms with E-state index in [1.165, 1.54) is 44.6 Å². The lowest BCUT2D eigenvalue weighted by Gasteiger charge is -2.21. The van der Waals surface area contributed by atoms with E-state index in [4.69, 9.17) is 9.47 Å². The molecule has 0 amide bonds. The molecular formula is C23H21F3N2O6. The molecule has 0 aliphatic heterocycles. The molecule has 1 aromatic heterocycles. The van der Waals surface area contributed by atoms with Gasteiger partial charge >= 0.3 is 17.8 Å².